The number of thioether (sulfide) groups is 1. The van der Waals surface area contributed by atoms with Crippen molar-refractivity contribution in [2.45, 2.75) is 32.0 Å². The van der Waals surface area contributed by atoms with E-state index in [0.29, 0.717) is 12.0 Å². The Morgan fingerprint density at radius 2 is 2.36 bits per heavy atom. The highest BCUT2D eigenvalue weighted by Gasteiger charge is 2.13. The average molecular weight is 214 g/mol. The van der Waals surface area contributed by atoms with Gasteiger partial charge in [-0.15, -0.1) is 0 Å². The molecule has 0 saturated heterocycles. The smallest absolute Gasteiger partial charge is 0.255 e. The van der Waals surface area contributed by atoms with Crippen LogP contribution in [0.2, 0.25) is 0 Å². The van der Waals surface area contributed by atoms with Crippen LogP contribution in [0.1, 0.15) is 20.8 Å². The van der Waals surface area contributed by atoms with Crippen molar-refractivity contribution in [3.8, 4) is 0 Å². The highest BCUT2D eigenvalue weighted by atomic mass is 32.2. The molecule has 0 amide bonds. The van der Waals surface area contributed by atoms with E-state index in [1.54, 1.807) is 24.2 Å². The predicted molar refractivity (Wildman–Crippen MR) is 59.5 cm³/mol. The fourth-order valence-electron chi connectivity index (χ4n) is 1.19. The first-order valence-electron chi connectivity index (χ1n) is 4.99. The van der Waals surface area contributed by atoms with Crippen LogP contribution in [-0.4, -0.2) is 23.3 Å². The Kier molecular flexibility index (Phi) is 5.04. The van der Waals surface area contributed by atoms with Gasteiger partial charge in [-0.2, -0.15) is 0 Å². The zero-order valence-corrected chi connectivity index (χ0v) is 9.80. The van der Waals surface area contributed by atoms with Gasteiger partial charge in [0.1, 0.15) is 6.26 Å². The molecule has 1 unspecified atom stereocenters. The Hall–Kier alpha value is -0.480. The normalized spacial score (nSPS) is 13.4. The van der Waals surface area contributed by atoms with Gasteiger partial charge in [0.25, 0.3) is 5.22 Å². The summed E-state index contributed by atoms with van der Waals surface area (Å²) < 4.78 is 5.17. The molecule has 1 aromatic heterocycles. The summed E-state index contributed by atoms with van der Waals surface area (Å²) in [5, 5.41) is 4.21. The number of hydrogen-bond donors (Lipinski definition) is 1. The summed E-state index contributed by atoms with van der Waals surface area (Å²) in [7, 11) is 0. The molecule has 1 aromatic rings. The molecule has 1 atom stereocenters. The van der Waals surface area contributed by atoms with E-state index < -0.39 is 0 Å². The van der Waals surface area contributed by atoms with Gasteiger partial charge in [0.2, 0.25) is 0 Å². The van der Waals surface area contributed by atoms with E-state index in [4.69, 9.17) is 4.42 Å². The van der Waals surface area contributed by atoms with Crippen LogP contribution in [0, 0.1) is 5.92 Å². The topological polar surface area (TPSA) is 38.1 Å². The van der Waals surface area contributed by atoms with Gasteiger partial charge < -0.3 is 9.73 Å². The summed E-state index contributed by atoms with van der Waals surface area (Å²) in [6.07, 6.45) is 3.29. The lowest BCUT2D eigenvalue weighted by atomic mass is 10.1. The van der Waals surface area contributed by atoms with Crippen LogP contribution in [0.5, 0.6) is 0 Å². The highest BCUT2D eigenvalue weighted by Crippen LogP contribution is 2.18. The SMILES string of the molecule is CCNC(CSc1ncco1)C(C)C. The molecule has 0 saturated carbocycles. The molecule has 0 aliphatic heterocycles. The van der Waals surface area contributed by atoms with Crippen molar-refractivity contribution in [2.24, 2.45) is 5.92 Å². The van der Waals surface area contributed by atoms with E-state index in [0.717, 1.165) is 17.5 Å². The van der Waals surface area contributed by atoms with Crippen LogP contribution >= 0.6 is 11.8 Å². The molecule has 4 heteroatoms. The Balaban J connectivity index is 2.33. The van der Waals surface area contributed by atoms with E-state index in [9.17, 15) is 0 Å². The summed E-state index contributed by atoms with van der Waals surface area (Å²) in [5.74, 6) is 1.64. The number of rotatable bonds is 6. The van der Waals surface area contributed by atoms with Gasteiger partial charge in [0, 0.05) is 11.8 Å². The quantitative estimate of drug-likeness (QED) is 0.738. The zero-order chi connectivity index (χ0) is 10.4. The van der Waals surface area contributed by atoms with Gasteiger partial charge in [-0.1, -0.05) is 32.5 Å². The van der Waals surface area contributed by atoms with Gasteiger partial charge in [-0.3, -0.25) is 0 Å². The Labute approximate surface area is 89.7 Å². The third kappa shape index (κ3) is 3.72. The lowest BCUT2D eigenvalue weighted by Gasteiger charge is -2.20. The van der Waals surface area contributed by atoms with Gasteiger partial charge >= 0.3 is 0 Å². The van der Waals surface area contributed by atoms with E-state index in [2.05, 4.69) is 31.1 Å². The minimum absolute atomic E-state index is 0.525. The number of nitrogens with zero attached hydrogens (tertiary/aromatic N) is 1. The van der Waals surface area contributed by atoms with Gasteiger partial charge in [0.05, 0.1) is 6.20 Å². The van der Waals surface area contributed by atoms with Crippen molar-refractivity contribution in [1.82, 2.24) is 10.3 Å². The Morgan fingerprint density at radius 3 is 2.86 bits per heavy atom. The molecule has 80 valence electrons. The third-order valence-electron chi connectivity index (χ3n) is 2.07. The molecule has 1 N–H and O–H groups in total. The molecule has 1 heterocycles. The van der Waals surface area contributed by atoms with Gasteiger partial charge in [0.15, 0.2) is 0 Å². The van der Waals surface area contributed by atoms with Crippen LogP contribution in [-0.2, 0) is 0 Å². The number of oxazole rings is 1. The largest absolute Gasteiger partial charge is 0.440 e. The Morgan fingerprint density at radius 1 is 1.57 bits per heavy atom. The van der Waals surface area contributed by atoms with Gasteiger partial charge in [-0.25, -0.2) is 4.98 Å². The summed E-state index contributed by atoms with van der Waals surface area (Å²) in [4.78, 5) is 4.08. The van der Waals surface area contributed by atoms with Crippen molar-refractivity contribution < 1.29 is 4.42 Å². The number of nitrogens with one attached hydrogen (secondary N) is 1. The third-order valence-corrected chi connectivity index (χ3v) is 3.04. The van der Waals surface area contributed by atoms with E-state index >= 15 is 0 Å². The molecule has 0 spiro atoms. The molecule has 0 fully saturated rings. The van der Waals surface area contributed by atoms with E-state index in [-0.39, 0.29) is 0 Å². The molecule has 0 bridgehead atoms. The maximum absolute atomic E-state index is 5.17. The van der Waals surface area contributed by atoms with Crippen molar-refractivity contribution in [3.05, 3.63) is 12.5 Å². The maximum atomic E-state index is 5.17. The summed E-state index contributed by atoms with van der Waals surface area (Å²) in [6.45, 7) is 7.59. The average Bonchev–Trinajstić information content (AvgIpc) is 2.64. The first-order chi connectivity index (χ1) is 6.74. The molecule has 0 radical (unpaired) electrons. The maximum Gasteiger partial charge on any atom is 0.255 e. The summed E-state index contributed by atoms with van der Waals surface area (Å²) in [6, 6.07) is 0.525. The second kappa shape index (κ2) is 6.09. The van der Waals surface area contributed by atoms with Crippen LogP contribution in [0.25, 0.3) is 0 Å². The highest BCUT2D eigenvalue weighted by molar-refractivity contribution is 7.99. The lowest BCUT2D eigenvalue weighted by Crippen LogP contribution is -2.35. The van der Waals surface area contributed by atoms with Crippen molar-refractivity contribution >= 4 is 11.8 Å². The van der Waals surface area contributed by atoms with Crippen LogP contribution in [0.4, 0.5) is 0 Å². The zero-order valence-electron chi connectivity index (χ0n) is 8.99. The fraction of sp³-hybridized carbons (Fsp3) is 0.700. The van der Waals surface area contributed by atoms with E-state index in [1.807, 2.05) is 0 Å². The molecule has 0 aliphatic carbocycles. The van der Waals surface area contributed by atoms with Crippen LogP contribution in [0.3, 0.4) is 0 Å². The molecule has 1 rings (SSSR count). The van der Waals surface area contributed by atoms with Crippen molar-refractivity contribution in [2.75, 3.05) is 12.3 Å². The van der Waals surface area contributed by atoms with Crippen LogP contribution in [0.15, 0.2) is 22.1 Å². The summed E-state index contributed by atoms with van der Waals surface area (Å²) >= 11 is 1.66. The summed E-state index contributed by atoms with van der Waals surface area (Å²) in [5.41, 5.74) is 0. The van der Waals surface area contributed by atoms with Crippen LogP contribution < -0.4 is 5.32 Å². The predicted octanol–water partition coefficient (Wildman–Crippen LogP) is 2.40. The minimum Gasteiger partial charge on any atom is -0.440 e. The monoisotopic (exact) mass is 214 g/mol. The molecular weight excluding hydrogens is 196 g/mol. The number of aromatic nitrogens is 1. The second-order valence-electron chi connectivity index (χ2n) is 3.52. The minimum atomic E-state index is 0.525. The molecule has 0 aromatic carbocycles. The lowest BCUT2D eigenvalue weighted by molar-refractivity contribution is 0.434. The fourth-order valence-corrected chi connectivity index (χ4v) is 2.28. The molecule has 14 heavy (non-hydrogen) atoms. The van der Waals surface area contributed by atoms with Crippen molar-refractivity contribution in [1.29, 1.82) is 0 Å². The Bertz CT molecular complexity index is 236. The van der Waals surface area contributed by atoms with Gasteiger partial charge in [-0.05, 0) is 12.5 Å². The second-order valence-corrected chi connectivity index (χ2v) is 4.49. The number of hydrogen-bond acceptors (Lipinski definition) is 4. The first-order valence-corrected chi connectivity index (χ1v) is 5.98. The van der Waals surface area contributed by atoms with Crippen molar-refractivity contribution in [3.63, 3.8) is 0 Å². The molecule has 0 aliphatic rings. The van der Waals surface area contributed by atoms with E-state index in [1.165, 1.54) is 0 Å². The molecular formula is C10H18N2OS. The first kappa shape index (κ1) is 11.6. The molecule has 3 nitrogen and oxygen atoms in total. The standard InChI is InChI=1S/C10H18N2OS/c1-4-11-9(8(2)3)7-14-10-12-5-6-13-10/h5-6,8-9,11H,4,7H2,1-3H3.